The van der Waals surface area contributed by atoms with Gasteiger partial charge < -0.3 is 0 Å². The first-order valence-electron chi connectivity index (χ1n) is 30.8. The second-order valence-electron chi connectivity index (χ2n) is 20.7. The monoisotopic (exact) mass is 1120 g/mol. The van der Waals surface area contributed by atoms with Gasteiger partial charge in [-0.2, -0.15) is 29.3 Å². The van der Waals surface area contributed by atoms with Crippen molar-refractivity contribution < 1.29 is 88.0 Å². The van der Waals surface area contributed by atoms with E-state index in [0.717, 1.165) is 173 Å². The molecule has 1 aromatic rings. The van der Waals surface area contributed by atoms with E-state index < -0.39 is 35.7 Å². The molecule has 0 aliphatic heterocycles. The molecule has 78 heavy (non-hydrogen) atoms. The first-order valence-corrected chi connectivity index (χ1v) is 30.8. The van der Waals surface area contributed by atoms with Crippen LogP contribution in [0.15, 0.2) is 18.2 Å². The maximum atomic E-state index is 6.62. The summed E-state index contributed by atoms with van der Waals surface area (Å²) in [6.45, 7) is 26.9. The lowest BCUT2D eigenvalue weighted by Crippen LogP contribution is -2.47. The zero-order valence-electron chi connectivity index (χ0n) is 51.3. The molecule has 0 saturated heterocycles. The molecule has 0 bridgehead atoms. The van der Waals surface area contributed by atoms with Gasteiger partial charge in [0.15, 0.2) is 16.8 Å². The van der Waals surface area contributed by atoms with E-state index in [0.29, 0.717) is 16.7 Å². The number of unbranched alkanes of at least 4 members (excludes halogenated alkanes) is 18. The van der Waals surface area contributed by atoms with Crippen molar-refractivity contribution in [1.82, 2.24) is 0 Å². The molecule has 0 aliphatic carbocycles. The Kier molecular flexibility index (Phi) is 47.8. The average Bonchev–Trinajstić information content (AvgIpc) is 3.44. The fraction of sp³-hybridized carbons (Fsp3) is 0.900. The molecular formula is C60H114O18. The molecule has 0 N–H and O–H groups in total. The number of hydrogen-bond donors (Lipinski definition) is 0. The molecule has 0 amide bonds. The van der Waals surface area contributed by atoms with Gasteiger partial charge in [0.05, 0.1) is 59.5 Å². The Balaban J connectivity index is 4.69. The molecule has 0 spiro atoms. The first-order chi connectivity index (χ1) is 38.1. The zero-order valence-corrected chi connectivity index (χ0v) is 51.3. The molecule has 0 fully saturated rings. The van der Waals surface area contributed by atoms with Gasteiger partial charge in [-0.1, -0.05) is 178 Å². The van der Waals surface area contributed by atoms with Gasteiger partial charge >= 0.3 is 0 Å². The highest BCUT2D eigenvalue weighted by Gasteiger charge is 2.51. The molecule has 3 unspecified atom stereocenters. The average molecular weight is 1120 g/mol. The van der Waals surface area contributed by atoms with Crippen molar-refractivity contribution in [1.29, 1.82) is 0 Å². The molecule has 18 heteroatoms. The van der Waals surface area contributed by atoms with Gasteiger partial charge in [0.2, 0.25) is 0 Å². The summed E-state index contributed by atoms with van der Waals surface area (Å²) in [5.74, 6) is 0. The third-order valence-electron chi connectivity index (χ3n) is 13.1. The van der Waals surface area contributed by atoms with Crippen LogP contribution in [0.25, 0.3) is 0 Å². The van der Waals surface area contributed by atoms with Crippen molar-refractivity contribution in [2.75, 3.05) is 59.5 Å². The van der Waals surface area contributed by atoms with Crippen molar-refractivity contribution in [3.8, 4) is 0 Å². The second-order valence-corrected chi connectivity index (χ2v) is 20.7. The summed E-state index contributed by atoms with van der Waals surface area (Å²) < 4.78 is 0. The molecule has 0 saturated carbocycles. The van der Waals surface area contributed by atoms with Crippen molar-refractivity contribution in [2.24, 2.45) is 0 Å². The Labute approximate surface area is 473 Å². The first kappa shape index (κ1) is 74.5. The highest BCUT2D eigenvalue weighted by atomic mass is 17.3. The van der Waals surface area contributed by atoms with E-state index >= 15 is 0 Å². The Hall–Kier alpha value is -1.50. The lowest BCUT2D eigenvalue weighted by atomic mass is 9.82. The van der Waals surface area contributed by atoms with E-state index in [9.17, 15) is 0 Å². The van der Waals surface area contributed by atoms with Gasteiger partial charge in [-0.05, 0) is 113 Å². The van der Waals surface area contributed by atoms with Gasteiger partial charge in [-0.25, -0.2) is 58.7 Å². The van der Waals surface area contributed by atoms with Crippen LogP contribution in [-0.2, 0) is 105 Å². The fourth-order valence-corrected chi connectivity index (χ4v) is 7.61. The van der Waals surface area contributed by atoms with Gasteiger partial charge in [0, 0.05) is 0 Å². The van der Waals surface area contributed by atoms with E-state index in [1.165, 1.54) is 0 Å². The smallest absolute Gasteiger partial charge is 0.236 e. The van der Waals surface area contributed by atoms with Crippen molar-refractivity contribution >= 4 is 0 Å². The summed E-state index contributed by atoms with van der Waals surface area (Å²) >= 11 is 0. The van der Waals surface area contributed by atoms with Gasteiger partial charge in [-0.15, -0.1) is 0 Å². The van der Waals surface area contributed by atoms with Crippen molar-refractivity contribution in [2.45, 2.75) is 292 Å². The van der Waals surface area contributed by atoms with Gasteiger partial charge in [0.25, 0.3) is 18.9 Å². The van der Waals surface area contributed by atoms with Gasteiger partial charge in [-0.3, -0.25) is 0 Å². The molecule has 0 heterocycles. The van der Waals surface area contributed by atoms with Crippen molar-refractivity contribution in [3.63, 3.8) is 0 Å². The molecule has 1 aromatic carbocycles. The minimum Gasteiger partial charge on any atom is -0.236 e. The van der Waals surface area contributed by atoms with Crippen LogP contribution in [0, 0.1) is 0 Å². The highest BCUT2D eigenvalue weighted by molar-refractivity contribution is 5.40. The maximum absolute atomic E-state index is 6.62. The van der Waals surface area contributed by atoms with Gasteiger partial charge in [0.1, 0.15) is 0 Å². The topological polar surface area (TPSA) is 166 Å². The molecule has 3 atom stereocenters. The van der Waals surface area contributed by atoms with E-state index in [1.54, 1.807) is 20.8 Å². The van der Waals surface area contributed by atoms with Crippen LogP contribution in [0.3, 0.4) is 0 Å². The van der Waals surface area contributed by atoms with Crippen LogP contribution in [0.4, 0.5) is 0 Å². The van der Waals surface area contributed by atoms with E-state index in [1.807, 2.05) is 18.2 Å². The minimum absolute atomic E-state index is 0.263. The third kappa shape index (κ3) is 31.8. The van der Waals surface area contributed by atoms with Crippen LogP contribution in [0.1, 0.15) is 273 Å². The van der Waals surface area contributed by atoms with E-state index in [-0.39, 0.29) is 59.5 Å². The highest BCUT2D eigenvalue weighted by Crippen LogP contribution is 2.44. The van der Waals surface area contributed by atoms with Crippen LogP contribution < -0.4 is 0 Å². The molecule has 0 aliphatic rings. The minimum atomic E-state index is -1.70. The Morgan fingerprint density at radius 3 is 0.551 bits per heavy atom. The molecule has 18 nitrogen and oxygen atoms in total. The zero-order chi connectivity index (χ0) is 57.3. The number of benzene rings is 1. The Bertz CT molecular complexity index is 1240. The van der Waals surface area contributed by atoms with Crippen molar-refractivity contribution in [3.05, 3.63) is 34.9 Å². The molecule has 0 aromatic heterocycles. The molecular weight excluding hydrogens is 1010 g/mol. The van der Waals surface area contributed by atoms with Crippen LogP contribution in [-0.4, -0.2) is 78.3 Å². The number of hydrogen-bond acceptors (Lipinski definition) is 18. The normalized spacial score (nSPS) is 14.5. The molecule has 462 valence electrons. The summed E-state index contributed by atoms with van der Waals surface area (Å²) in [7, 11) is 0. The van der Waals surface area contributed by atoms with E-state index in [2.05, 4.69) is 62.3 Å². The molecule has 1 rings (SSSR count). The predicted octanol–water partition coefficient (Wildman–Crippen LogP) is 16.6. The van der Waals surface area contributed by atoms with E-state index in [4.69, 9.17) is 88.0 Å². The summed E-state index contributed by atoms with van der Waals surface area (Å²) in [5, 5.41) is 0. The lowest BCUT2D eigenvalue weighted by molar-refractivity contribution is -0.522. The largest absolute Gasteiger partial charge is 0.259 e. The summed E-state index contributed by atoms with van der Waals surface area (Å²) in [4.78, 5) is 111. The summed E-state index contributed by atoms with van der Waals surface area (Å²) in [6.07, 6.45) is 19.7. The predicted molar refractivity (Wildman–Crippen MR) is 299 cm³/mol. The Morgan fingerprint density at radius 2 is 0.397 bits per heavy atom. The van der Waals surface area contributed by atoms with Crippen LogP contribution in [0.5, 0.6) is 0 Å². The lowest BCUT2D eigenvalue weighted by Gasteiger charge is -2.39. The van der Waals surface area contributed by atoms with Crippen LogP contribution in [0.2, 0.25) is 0 Å². The SMILES string of the molecule is CCCCCOOC(OOCCCCC)C(C)(OOCCCCC)c1cc(C(C)(OOCCCCC)C(OOCCCCC)OOCCCCC)cc(C(C)(OOCCCCC)C(OOCCCCC)OOCCCCC)c1. The number of rotatable bonds is 60. The van der Waals surface area contributed by atoms with Crippen LogP contribution >= 0.6 is 0 Å². The fourth-order valence-electron chi connectivity index (χ4n) is 7.61. The summed E-state index contributed by atoms with van der Waals surface area (Å²) in [5.41, 5.74) is -3.88. The quantitative estimate of drug-likeness (QED) is 0.0261. The second kappa shape index (κ2) is 50.1. The standard InChI is InChI=1S/C60H114O18/c1-13-22-31-40-61-70-55(71-62-41-32-23-14-2)58(10,76-67-46-37-28-19-7)52-49-53(59(11,77-68-47-38-29-20-8)56(72-63-42-33-24-15-3)73-64-43-34-25-16-4)51-54(50-52)60(12,78-69-48-39-30-21-9)57(74-65-44-35-26-17-5)75-66-45-36-27-18-6/h49-51,55-57H,13-48H2,1-12H3. The Morgan fingerprint density at radius 1 is 0.244 bits per heavy atom. The maximum Gasteiger partial charge on any atom is 0.259 e. The third-order valence-corrected chi connectivity index (χ3v) is 13.1. The summed E-state index contributed by atoms with van der Waals surface area (Å²) in [6, 6.07) is 5.54. The molecule has 0 radical (unpaired) electrons.